The van der Waals surface area contributed by atoms with Crippen LogP contribution in [0, 0.1) is 10.1 Å². The van der Waals surface area contributed by atoms with Gasteiger partial charge in [0.15, 0.2) is 24.7 Å². The van der Waals surface area contributed by atoms with Crippen molar-refractivity contribution in [1.82, 2.24) is 0 Å². The normalized spacial score (nSPS) is 10.5. The molecule has 3 rings (SSSR count). The molecule has 0 saturated heterocycles. The number of rotatable bonds is 7. The molecule has 0 radical (unpaired) electrons. The van der Waals surface area contributed by atoms with Gasteiger partial charge in [-0.25, -0.2) is 4.79 Å². The van der Waals surface area contributed by atoms with Crippen LogP contribution in [0.2, 0.25) is 0 Å². The molecule has 132 valence electrons. The van der Waals surface area contributed by atoms with Crippen molar-refractivity contribution in [3.8, 4) is 5.75 Å². The highest BCUT2D eigenvalue weighted by Crippen LogP contribution is 2.25. The maximum atomic E-state index is 12.0. The molecule has 1 heterocycles. The first-order chi connectivity index (χ1) is 12.5. The highest BCUT2D eigenvalue weighted by atomic mass is 16.6. The average Bonchev–Trinajstić information content (AvgIpc) is 3.09. The molecule has 0 unspecified atom stereocenters. The van der Waals surface area contributed by atoms with Gasteiger partial charge < -0.3 is 13.9 Å². The Morgan fingerprint density at radius 3 is 2.54 bits per heavy atom. The molecule has 8 nitrogen and oxygen atoms in total. The summed E-state index contributed by atoms with van der Waals surface area (Å²) in [6.07, 6.45) is 0. The molecule has 0 aliphatic heterocycles. The largest absolute Gasteiger partial charge is 0.475 e. The number of ketones is 1. The van der Waals surface area contributed by atoms with Crippen LogP contribution < -0.4 is 4.74 Å². The Kier molecular flexibility index (Phi) is 4.93. The third kappa shape index (κ3) is 3.86. The molecular weight excluding hydrogens is 342 g/mol. The Labute approximate surface area is 147 Å². The number of nitrogens with zero attached hydrogens (tertiary/aromatic N) is 1. The molecule has 0 aliphatic carbocycles. The number of carbonyl (C=O) groups excluding carboxylic acids is 2. The van der Waals surface area contributed by atoms with Gasteiger partial charge in [-0.2, -0.15) is 0 Å². The zero-order valence-corrected chi connectivity index (χ0v) is 13.4. The molecule has 0 N–H and O–H groups in total. The van der Waals surface area contributed by atoms with Crippen LogP contribution in [-0.4, -0.2) is 29.9 Å². The predicted molar refractivity (Wildman–Crippen MR) is 90.1 cm³/mol. The Balaban J connectivity index is 1.54. The fourth-order valence-electron chi connectivity index (χ4n) is 2.24. The number of nitro groups is 1. The first-order valence-corrected chi connectivity index (χ1v) is 7.58. The predicted octanol–water partition coefficient (Wildman–Crippen LogP) is 3.15. The molecule has 3 aromatic rings. The minimum Gasteiger partial charge on any atom is -0.475 e. The Hall–Kier alpha value is -3.68. The number of ether oxygens (including phenoxy) is 2. The van der Waals surface area contributed by atoms with Gasteiger partial charge in [0.25, 0.3) is 0 Å². The zero-order chi connectivity index (χ0) is 18.5. The molecule has 0 bridgehead atoms. The van der Waals surface area contributed by atoms with E-state index in [0.717, 1.165) is 5.39 Å². The monoisotopic (exact) mass is 355 g/mol. The van der Waals surface area contributed by atoms with E-state index in [4.69, 9.17) is 13.9 Å². The highest BCUT2D eigenvalue weighted by molar-refractivity contribution is 5.99. The number of para-hydroxylation sites is 3. The van der Waals surface area contributed by atoms with E-state index in [1.54, 1.807) is 30.3 Å². The average molecular weight is 355 g/mol. The number of furan rings is 1. The lowest BCUT2D eigenvalue weighted by Crippen LogP contribution is -2.19. The van der Waals surface area contributed by atoms with Crippen molar-refractivity contribution in [2.75, 3.05) is 13.2 Å². The Bertz CT molecular complexity index is 943. The lowest BCUT2D eigenvalue weighted by Gasteiger charge is -2.06. The molecule has 26 heavy (non-hydrogen) atoms. The number of nitro benzene ring substituents is 1. The van der Waals surface area contributed by atoms with E-state index in [-0.39, 0.29) is 17.2 Å². The topological polar surface area (TPSA) is 109 Å². The SMILES string of the molecule is O=C(COc1ccccc1[N+](=O)[O-])OCC(=O)c1cc2ccccc2o1. The maximum Gasteiger partial charge on any atom is 0.344 e. The second-order valence-corrected chi connectivity index (χ2v) is 5.25. The first-order valence-electron chi connectivity index (χ1n) is 7.58. The third-order valence-electron chi connectivity index (χ3n) is 3.47. The van der Waals surface area contributed by atoms with E-state index in [1.807, 2.05) is 6.07 Å². The van der Waals surface area contributed by atoms with Crippen LogP contribution >= 0.6 is 0 Å². The fraction of sp³-hybridized carbons (Fsp3) is 0.111. The first kappa shape index (κ1) is 17.2. The van der Waals surface area contributed by atoms with Gasteiger partial charge in [0.1, 0.15) is 5.58 Å². The highest BCUT2D eigenvalue weighted by Gasteiger charge is 2.17. The van der Waals surface area contributed by atoms with Gasteiger partial charge in [0.05, 0.1) is 4.92 Å². The summed E-state index contributed by atoms with van der Waals surface area (Å²) in [6.45, 7) is -1.07. The van der Waals surface area contributed by atoms with Crippen LogP contribution in [0.5, 0.6) is 5.75 Å². The minimum atomic E-state index is -0.826. The van der Waals surface area contributed by atoms with Crippen LogP contribution in [0.15, 0.2) is 59.0 Å². The molecule has 0 aliphatic rings. The summed E-state index contributed by atoms with van der Waals surface area (Å²) in [5, 5.41) is 11.6. The smallest absolute Gasteiger partial charge is 0.344 e. The van der Waals surface area contributed by atoms with Gasteiger partial charge >= 0.3 is 11.7 Å². The quantitative estimate of drug-likeness (QED) is 0.277. The minimum absolute atomic E-state index is 0.0574. The van der Waals surface area contributed by atoms with Crippen LogP contribution in [0.1, 0.15) is 10.6 Å². The number of hydrogen-bond donors (Lipinski definition) is 0. The Morgan fingerprint density at radius 2 is 1.77 bits per heavy atom. The molecule has 0 amide bonds. The number of Topliss-reactive ketones (excluding diaryl/α,β-unsaturated/α-hetero) is 1. The molecular formula is C18H13NO7. The number of fused-ring (bicyclic) bond motifs is 1. The summed E-state index contributed by atoms with van der Waals surface area (Å²) in [7, 11) is 0. The summed E-state index contributed by atoms with van der Waals surface area (Å²) < 4.78 is 15.3. The van der Waals surface area contributed by atoms with Crippen molar-refractivity contribution in [3.63, 3.8) is 0 Å². The number of benzene rings is 2. The maximum absolute atomic E-state index is 12.0. The Morgan fingerprint density at radius 1 is 1.04 bits per heavy atom. The third-order valence-corrected chi connectivity index (χ3v) is 3.47. The van der Waals surface area contributed by atoms with Gasteiger partial charge in [-0.1, -0.05) is 30.3 Å². The molecule has 2 aromatic carbocycles. The van der Waals surface area contributed by atoms with E-state index in [1.165, 1.54) is 18.2 Å². The fourth-order valence-corrected chi connectivity index (χ4v) is 2.24. The number of esters is 1. The van der Waals surface area contributed by atoms with Crippen LogP contribution in [-0.2, 0) is 9.53 Å². The van der Waals surface area contributed by atoms with E-state index >= 15 is 0 Å². The van der Waals surface area contributed by atoms with Gasteiger partial charge in [0, 0.05) is 11.5 Å². The molecule has 0 saturated carbocycles. The van der Waals surface area contributed by atoms with E-state index in [2.05, 4.69) is 0 Å². The number of carbonyl (C=O) groups is 2. The van der Waals surface area contributed by atoms with Crippen molar-refractivity contribution in [2.45, 2.75) is 0 Å². The summed E-state index contributed by atoms with van der Waals surface area (Å²) in [5.41, 5.74) is 0.292. The van der Waals surface area contributed by atoms with Crippen molar-refractivity contribution >= 4 is 28.4 Å². The molecule has 0 fully saturated rings. The number of hydrogen-bond acceptors (Lipinski definition) is 7. The second kappa shape index (κ2) is 7.47. The lowest BCUT2D eigenvalue weighted by atomic mass is 10.2. The van der Waals surface area contributed by atoms with Gasteiger partial charge in [-0.05, 0) is 18.2 Å². The lowest BCUT2D eigenvalue weighted by molar-refractivity contribution is -0.385. The molecule has 0 atom stereocenters. The summed E-state index contributed by atoms with van der Waals surface area (Å²) in [4.78, 5) is 34.0. The van der Waals surface area contributed by atoms with Crippen molar-refractivity contribution in [2.24, 2.45) is 0 Å². The molecule has 0 spiro atoms. The standard InChI is InChI=1S/C18H13NO7/c20-14(17-9-12-5-1-3-7-15(12)26-17)10-25-18(21)11-24-16-8-4-2-6-13(16)19(22)23/h1-9H,10-11H2. The van der Waals surface area contributed by atoms with Crippen LogP contribution in [0.4, 0.5) is 5.69 Å². The van der Waals surface area contributed by atoms with Crippen molar-refractivity contribution in [1.29, 1.82) is 0 Å². The van der Waals surface area contributed by atoms with Crippen LogP contribution in [0.3, 0.4) is 0 Å². The summed E-state index contributed by atoms with van der Waals surface area (Å²) in [5.74, 6) is -1.30. The van der Waals surface area contributed by atoms with Gasteiger partial charge in [-0.15, -0.1) is 0 Å². The van der Waals surface area contributed by atoms with E-state index < -0.39 is 29.9 Å². The van der Waals surface area contributed by atoms with E-state index in [0.29, 0.717) is 5.58 Å². The summed E-state index contributed by atoms with van der Waals surface area (Å²) in [6, 6.07) is 14.3. The second-order valence-electron chi connectivity index (χ2n) is 5.25. The summed E-state index contributed by atoms with van der Waals surface area (Å²) >= 11 is 0. The van der Waals surface area contributed by atoms with Crippen molar-refractivity contribution in [3.05, 3.63) is 70.5 Å². The van der Waals surface area contributed by atoms with Gasteiger partial charge in [0.2, 0.25) is 5.78 Å². The van der Waals surface area contributed by atoms with Gasteiger partial charge in [-0.3, -0.25) is 14.9 Å². The van der Waals surface area contributed by atoms with Crippen LogP contribution in [0.25, 0.3) is 11.0 Å². The van der Waals surface area contributed by atoms with E-state index in [9.17, 15) is 19.7 Å². The van der Waals surface area contributed by atoms with Crippen molar-refractivity contribution < 1.29 is 28.4 Å². The zero-order valence-electron chi connectivity index (χ0n) is 13.4. The molecule has 1 aromatic heterocycles. The molecule has 8 heteroatoms.